The lowest BCUT2D eigenvalue weighted by atomic mass is 10.2. The fourth-order valence-corrected chi connectivity index (χ4v) is 1.86. The fraction of sp³-hybridized carbons (Fsp3) is 0.643. The lowest BCUT2D eigenvalue weighted by molar-refractivity contribution is 0.210. The summed E-state index contributed by atoms with van der Waals surface area (Å²) in [6.45, 7) is 4.58. The molecule has 1 fully saturated rings. The largest absolute Gasteiger partial charge is 0.383 e. The number of nitrogens with one attached hydrogen (secondary N) is 2. The number of pyridine rings is 1. The highest BCUT2D eigenvalue weighted by Gasteiger charge is 2.20. The average molecular weight is 249 g/mol. The second-order valence-corrected chi connectivity index (χ2v) is 4.78. The number of hydrogen-bond acceptors (Lipinski definition) is 4. The van der Waals surface area contributed by atoms with Gasteiger partial charge in [0.15, 0.2) is 0 Å². The van der Waals surface area contributed by atoms with Crippen LogP contribution in [0.5, 0.6) is 0 Å². The molecule has 1 aliphatic carbocycles. The molecule has 1 heterocycles. The van der Waals surface area contributed by atoms with Crippen LogP contribution >= 0.6 is 0 Å². The van der Waals surface area contributed by atoms with Gasteiger partial charge >= 0.3 is 0 Å². The summed E-state index contributed by atoms with van der Waals surface area (Å²) >= 11 is 0. The molecule has 18 heavy (non-hydrogen) atoms. The second-order valence-electron chi connectivity index (χ2n) is 4.78. The number of aryl methyl sites for hydroxylation is 1. The average Bonchev–Trinajstić information content (AvgIpc) is 3.20. The van der Waals surface area contributed by atoms with E-state index in [9.17, 15) is 0 Å². The summed E-state index contributed by atoms with van der Waals surface area (Å²) in [5.41, 5.74) is 2.46. The zero-order valence-electron chi connectivity index (χ0n) is 11.3. The van der Waals surface area contributed by atoms with Crippen LogP contribution in [0.3, 0.4) is 0 Å². The Morgan fingerprint density at radius 1 is 1.39 bits per heavy atom. The molecule has 0 radical (unpaired) electrons. The molecule has 100 valence electrons. The van der Waals surface area contributed by atoms with E-state index in [4.69, 9.17) is 4.74 Å². The molecular weight excluding hydrogens is 226 g/mol. The van der Waals surface area contributed by atoms with E-state index in [2.05, 4.69) is 34.7 Å². The van der Waals surface area contributed by atoms with Crippen LogP contribution in [-0.4, -0.2) is 31.3 Å². The van der Waals surface area contributed by atoms with Crippen molar-refractivity contribution in [3.63, 3.8) is 0 Å². The zero-order chi connectivity index (χ0) is 12.8. The van der Waals surface area contributed by atoms with Gasteiger partial charge in [-0.25, -0.2) is 4.98 Å². The van der Waals surface area contributed by atoms with E-state index in [1.54, 1.807) is 7.11 Å². The highest BCUT2D eigenvalue weighted by molar-refractivity contribution is 5.39. The zero-order valence-corrected chi connectivity index (χ0v) is 11.3. The molecule has 1 aliphatic rings. The Morgan fingerprint density at radius 3 is 2.89 bits per heavy atom. The van der Waals surface area contributed by atoms with E-state index in [-0.39, 0.29) is 0 Å². The van der Waals surface area contributed by atoms with Crippen LogP contribution in [0.1, 0.15) is 31.0 Å². The van der Waals surface area contributed by atoms with Gasteiger partial charge in [0.1, 0.15) is 5.82 Å². The summed E-state index contributed by atoms with van der Waals surface area (Å²) in [6.07, 6.45) is 3.62. The van der Waals surface area contributed by atoms with Gasteiger partial charge in [-0.15, -0.1) is 0 Å². The highest BCUT2D eigenvalue weighted by Crippen LogP contribution is 2.20. The van der Waals surface area contributed by atoms with E-state index < -0.39 is 0 Å². The van der Waals surface area contributed by atoms with E-state index >= 15 is 0 Å². The first-order valence-corrected chi connectivity index (χ1v) is 6.78. The first-order valence-electron chi connectivity index (χ1n) is 6.78. The van der Waals surface area contributed by atoms with Crippen molar-refractivity contribution < 1.29 is 4.74 Å². The van der Waals surface area contributed by atoms with E-state index in [0.717, 1.165) is 37.1 Å². The molecule has 0 aliphatic heterocycles. The normalized spacial score (nSPS) is 14.8. The van der Waals surface area contributed by atoms with E-state index in [0.29, 0.717) is 6.61 Å². The SMILES string of the molecule is CCc1cc(CNC2CC2)cc(NCCOC)n1. The minimum absolute atomic E-state index is 0.702. The molecule has 0 bridgehead atoms. The molecule has 1 aromatic heterocycles. The van der Waals surface area contributed by atoms with Gasteiger partial charge in [0, 0.05) is 31.9 Å². The van der Waals surface area contributed by atoms with Crippen molar-refractivity contribution in [3.05, 3.63) is 23.4 Å². The molecule has 0 amide bonds. The first-order chi connectivity index (χ1) is 8.81. The molecule has 0 unspecified atom stereocenters. The molecule has 2 rings (SSSR count). The standard InChI is InChI=1S/C14H23N3O/c1-3-12-8-11(10-16-13-4-5-13)9-14(17-12)15-6-7-18-2/h8-9,13,16H,3-7,10H2,1-2H3,(H,15,17). The van der Waals surface area contributed by atoms with Crippen molar-refractivity contribution in [1.82, 2.24) is 10.3 Å². The molecular formula is C14H23N3O. The maximum atomic E-state index is 5.03. The third kappa shape index (κ3) is 4.27. The van der Waals surface area contributed by atoms with Gasteiger partial charge in [-0.3, -0.25) is 0 Å². The van der Waals surface area contributed by atoms with E-state index in [1.807, 2.05) is 0 Å². The van der Waals surface area contributed by atoms with Crippen molar-refractivity contribution in [1.29, 1.82) is 0 Å². The van der Waals surface area contributed by atoms with Crippen LogP contribution < -0.4 is 10.6 Å². The summed E-state index contributed by atoms with van der Waals surface area (Å²) in [5, 5.41) is 6.84. The number of methoxy groups -OCH3 is 1. The summed E-state index contributed by atoms with van der Waals surface area (Å²) < 4.78 is 5.03. The smallest absolute Gasteiger partial charge is 0.126 e. The van der Waals surface area contributed by atoms with Gasteiger partial charge in [0.25, 0.3) is 0 Å². The molecule has 0 spiro atoms. The highest BCUT2D eigenvalue weighted by atomic mass is 16.5. The van der Waals surface area contributed by atoms with Crippen LogP contribution in [0.15, 0.2) is 12.1 Å². The van der Waals surface area contributed by atoms with Gasteiger partial charge in [-0.2, -0.15) is 0 Å². The molecule has 1 aromatic rings. The first kappa shape index (κ1) is 13.3. The second kappa shape index (κ2) is 6.71. The molecule has 1 saturated carbocycles. The third-order valence-electron chi connectivity index (χ3n) is 3.08. The predicted octanol–water partition coefficient (Wildman–Crippen LogP) is 1.95. The Labute approximate surface area is 109 Å². The lowest BCUT2D eigenvalue weighted by Crippen LogP contribution is -2.16. The molecule has 2 N–H and O–H groups in total. The summed E-state index contributed by atoms with van der Waals surface area (Å²) in [5.74, 6) is 0.957. The van der Waals surface area contributed by atoms with Crippen LogP contribution in [0.4, 0.5) is 5.82 Å². The van der Waals surface area contributed by atoms with Gasteiger partial charge in [-0.05, 0) is 37.0 Å². The van der Waals surface area contributed by atoms with Gasteiger partial charge in [0.05, 0.1) is 6.61 Å². The van der Waals surface area contributed by atoms with Crippen LogP contribution in [0.2, 0.25) is 0 Å². The lowest BCUT2D eigenvalue weighted by Gasteiger charge is -2.10. The Kier molecular flexibility index (Phi) is 4.96. The Balaban J connectivity index is 1.95. The summed E-state index contributed by atoms with van der Waals surface area (Å²) in [6, 6.07) is 5.06. The maximum absolute atomic E-state index is 5.03. The quantitative estimate of drug-likeness (QED) is 0.691. The van der Waals surface area contributed by atoms with Crippen LogP contribution in [0.25, 0.3) is 0 Å². The molecule has 0 saturated heterocycles. The number of aromatic nitrogens is 1. The van der Waals surface area contributed by atoms with Crippen molar-refractivity contribution >= 4 is 5.82 Å². The minimum Gasteiger partial charge on any atom is -0.383 e. The van der Waals surface area contributed by atoms with Crippen molar-refractivity contribution in [2.24, 2.45) is 0 Å². The number of nitrogens with zero attached hydrogens (tertiary/aromatic N) is 1. The van der Waals surface area contributed by atoms with Crippen molar-refractivity contribution in [2.45, 2.75) is 38.8 Å². The monoisotopic (exact) mass is 249 g/mol. The minimum atomic E-state index is 0.702. The van der Waals surface area contributed by atoms with Crippen LogP contribution in [0, 0.1) is 0 Å². The van der Waals surface area contributed by atoms with Gasteiger partial charge < -0.3 is 15.4 Å². The molecule has 0 aromatic carbocycles. The van der Waals surface area contributed by atoms with Crippen LogP contribution in [-0.2, 0) is 17.7 Å². The molecule has 4 heteroatoms. The summed E-state index contributed by atoms with van der Waals surface area (Å²) in [4.78, 5) is 4.57. The Bertz CT molecular complexity index is 377. The maximum Gasteiger partial charge on any atom is 0.126 e. The Hall–Kier alpha value is -1.13. The predicted molar refractivity (Wildman–Crippen MR) is 73.8 cm³/mol. The number of hydrogen-bond donors (Lipinski definition) is 2. The van der Waals surface area contributed by atoms with E-state index in [1.165, 1.54) is 18.4 Å². The van der Waals surface area contributed by atoms with Gasteiger partial charge in [0.2, 0.25) is 0 Å². The molecule has 4 nitrogen and oxygen atoms in total. The number of rotatable bonds is 8. The number of ether oxygens (including phenoxy) is 1. The van der Waals surface area contributed by atoms with Crippen molar-refractivity contribution in [3.8, 4) is 0 Å². The van der Waals surface area contributed by atoms with Gasteiger partial charge in [-0.1, -0.05) is 6.92 Å². The topological polar surface area (TPSA) is 46.2 Å². The fourth-order valence-electron chi connectivity index (χ4n) is 1.86. The molecule has 0 atom stereocenters. The third-order valence-corrected chi connectivity index (χ3v) is 3.08. The number of anilines is 1. The summed E-state index contributed by atoms with van der Waals surface area (Å²) in [7, 11) is 1.71. The Morgan fingerprint density at radius 2 is 2.22 bits per heavy atom. The van der Waals surface area contributed by atoms with Crippen molar-refractivity contribution in [2.75, 3.05) is 25.6 Å².